The fourth-order valence-corrected chi connectivity index (χ4v) is 3.15. The number of ketones is 1. The number of alkyl halides is 3. The van der Waals surface area contributed by atoms with Crippen LogP contribution in [-0.2, 0) is 6.42 Å². The van der Waals surface area contributed by atoms with Crippen LogP contribution in [0, 0.1) is 6.92 Å². The average molecular weight is 379 g/mol. The minimum atomic E-state index is -4.71. The van der Waals surface area contributed by atoms with Gasteiger partial charge in [-0.15, -0.1) is 24.5 Å². The van der Waals surface area contributed by atoms with Crippen molar-refractivity contribution in [2.75, 3.05) is 0 Å². The number of hydrogen-bond donors (Lipinski definition) is 0. The first-order valence-electron chi connectivity index (χ1n) is 5.88. The van der Waals surface area contributed by atoms with Crippen LogP contribution in [0.3, 0.4) is 0 Å². The molecular formula is C14H10BrF3O2S. The second kappa shape index (κ2) is 6.19. The molecule has 0 aliphatic carbocycles. The van der Waals surface area contributed by atoms with Gasteiger partial charge in [-0.3, -0.25) is 4.79 Å². The zero-order valence-corrected chi connectivity index (χ0v) is 13.2. The Morgan fingerprint density at radius 2 is 1.90 bits per heavy atom. The van der Waals surface area contributed by atoms with E-state index in [1.165, 1.54) is 35.6 Å². The molecule has 7 heteroatoms. The number of carbonyl (C=O) groups is 1. The fourth-order valence-electron chi connectivity index (χ4n) is 1.68. The summed E-state index contributed by atoms with van der Waals surface area (Å²) in [6.45, 7) is 1.89. The van der Waals surface area contributed by atoms with Crippen LogP contribution < -0.4 is 4.74 Å². The average Bonchev–Trinajstić information content (AvgIpc) is 2.70. The van der Waals surface area contributed by atoms with Gasteiger partial charge in [0.1, 0.15) is 5.75 Å². The summed E-state index contributed by atoms with van der Waals surface area (Å²) >= 11 is 4.70. The topological polar surface area (TPSA) is 26.3 Å². The van der Waals surface area contributed by atoms with E-state index in [0.29, 0.717) is 10.4 Å². The van der Waals surface area contributed by atoms with Gasteiger partial charge in [0.15, 0.2) is 5.78 Å². The molecule has 2 nitrogen and oxygen atoms in total. The molecule has 0 radical (unpaired) electrons. The van der Waals surface area contributed by atoms with E-state index in [1.807, 2.05) is 6.92 Å². The Morgan fingerprint density at radius 1 is 1.29 bits per heavy atom. The number of aryl methyl sites for hydroxylation is 1. The number of ether oxygens (including phenoxy) is 1. The van der Waals surface area contributed by atoms with Gasteiger partial charge >= 0.3 is 6.36 Å². The molecule has 0 bridgehead atoms. The Labute approximate surface area is 131 Å². The summed E-state index contributed by atoms with van der Waals surface area (Å²) in [5.41, 5.74) is 1.62. The Kier molecular flexibility index (Phi) is 4.73. The second-order valence-electron chi connectivity index (χ2n) is 4.36. The maximum Gasteiger partial charge on any atom is 0.573 e. The molecule has 0 atom stereocenters. The number of thiophene rings is 1. The third-order valence-corrected chi connectivity index (χ3v) is 4.83. The van der Waals surface area contributed by atoms with Crippen molar-refractivity contribution < 1.29 is 22.7 Å². The monoisotopic (exact) mass is 378 g/mol. The summed E-state index contributed by atoms with van der Waals surface area (Å²) in [6, 6.07) is 7.10. The number of carbonyl (C=O) groups excluding carboxylic acids is 1. The van der Waals surface area contributed by atoms with Crippen LogP contribution in [-0.4, -0.2) is 12.1 Å². The molecule has 2 aromatic rings. The van der Waals surface area contributed by atoms with Crippen molar-refractivity contribution in [1.82, 2.24) is 0 Å². The summed E-state index contributed by atoms with van der Waals surface area (Å²) in [5.74, 6) is -0.369. The number of halogens is 4. The lowest BCUT2D eigenvalue weighted by Crippen LogP contribution is -2.17. The Morgan fingerprint density at radius 3 is 2.38 bits per heavy atom. The van der Waals surface area contributed by atoms with E-state index in [2.05, 4.69) is 20.7 Å². The molecule has 0 spiro atoms. The van der Waals surface area contributed by atoms with Crippen LogP contribution in [0.2, 0.25) is 0 Å². The van der Waals surface area contributed by atoms with Crippen LogP contribution in [0.25, 0.3) is 0 Å². The van der Waals surface area contributed by atoms with Crippen molar-refractivity contribution >= 4 is 33.0 Å². The lowest BCUT2D eigenvalue weighted by Gasteiger charge is -2.08. The fraction of sp³-hybridized carbons (Fsp3) is 0.214. The number of Topliss-reactive ketones (excluding diaryl/α,β-unsaturated/α-hetero) is 1. The summed E-state index contributed by atoms with van der Waals surface area (Å²) in [5, 5.41) is 0. The van der Waals surface area contributed by atoms with Crippen molar-refractivity contribution in [1.29, 1.82) is 0 Å². The molecule has 0 saturated heterocycles. The summed E-state index contributed by atoms with van der Waals surface area (Å²) in [6.07, 6.45) is -4.57. The van der Waals surface area contributed by atoms with Gasteiger partial charge in [0.2, 0.25) is 0 Å². The summed E-state index contributed by atoms with van der Waals surface area (Å²) < 4.78 is 40.8. The van der Waals surface area contributed by atoms with Gasteiger partial charge in [0.25, 0.3) is 0 Å². The SMILES string of the molecule is Cc1cc(C(=O)Cc2ccc(OC(F)(F)F)cc2)sc1Br. The lowest BCUT2D eigenvalue weighted by atomic mass is 10.1. The third kappa shape index (κ3) is 4.57. The maximum atomic E-state index is 12.1. The normalized spacial score (nSPS) is 11.5. The predicted molar refractivity (Wildman–Crippen MR) is 77.9 cm³/mol. The predicted octanol–water partition coefficient (Wildman–Crippen LogP) is 5.14. The standard InChI is InChI=1S/C14H10BrF3O2S/c1-8-6-12(21-13(8)15)11(19)7-9-2-4-10(5-3-9)20-14(16,17)18/h2-6H,7H2,1H3. The van der Waals surface area contributed by atoms with Crippen molar-refractivity contribution in [3.8, 4) is 5.75 Å². The molecule has 0 aliphatic heterocycles. The van der Waals surface area contributed by atoms with Crippen molar-refractivity contribution in [2.45, 2.75) is 19.7 Å². The smallest absolute Gasteiger partial charge is 0.406 e. The highest BCUT2D eigenvalue weighted by atomic mass is 79.9. The van der Waals surface area contributed by atoms with E-state index >= 15 is 0 Å². The maximum absolute atomic E-state index is 12.1. The highest BCUT2D eigenvalue weighted by Crippen LogP contribution is 2.28. The first-order valence-corrected chi connectivity index (χ1v) is 7.49. The van der Waals surface area contributed by atoms with E-state index in [9.17, 15) is 18.0 Å². The van der Waals surface area contributed by atoms with Gasteiger partial charge in [0.05, 0.1) is 8.66 Å². The van der Waals surface area contributed by atoms with E-state index in [1.54, 1.807) is 6.07 Å². The Bertz CT molecular complexity index is 628. The number of rotatable bonds is 4. The molecule has 0 fully saturated rings. The van der Waals surface area contributed by atoms with Crippen molar-refractivity contribution in [3.63, 3.8) is 0 Å². The Hall–Kier alpha value is -1.34. The molecule has 2 rings (SSSR count). The highest BCUT2D eigenvalue weighted by molar-refractivity contribution is 9.11. The number of hydrogen-bond acceptors (Lipinski definition) is 3. The highest BCUT2D eigenvalue weighted by Gasteiger charge is 2.30. The van der Waals surface area contributed by atoms with E-state index < -0.39 is 6.36 Å². The minimum absolute atomic E-state index is 0.0710. The quantitative estimate of drug-likeness (QED) is 0.688. The van der Waals surface area contributed by atoms with Gasteiger partial charge in [0, 0.05) is 6.42 Å². The molecule has 112 valence electrons. The first-order chi connectivity index (χ1) is 9.74. The molecule has 0 saturated carbocycles. The molecular weight excluding hydrogens is 369 g/mol. The Balaban J connectivity index is 2.05. The van der Waals surface area contributed by atoms with Gasteiger partial charge in [-0.25, -0.2) is 0 Å². The van der Waals surface area contributed by atoms with Crippen LogP contribution >= 0.6 is 27.3 Å². The minimum Gasteiger partial charge on any atom is -0.406 e. The van der Waals surface area contributed by atoms with E-state index in [0.717, 1.165) is 9.35 Å². The van der Waals surface area contributed by atoms with Crippen LogP contribution in [0.1, 0.15) is 20.8 Å². The molecule has 1 aromatic heterocycles. The summed E-state index contributed by atoms with van der Waals surface area (Å²) in [7, 11) is 0. The third-order valence-electron chi connectivity index (χ3n) is 2.65. The van der Waals surface area contributed by atoms with E-state index in [-0.39, 0.29) is 18.0 Å². The number of benzene rings is 1. The molecule has 1 heterocycles. The lowest BCUT2D eigenvalue weighted by molar-refractivity contribution is -0.274. The van der Waals surface area contributed by atoms with Crippen LogP contribution in [0.4, 0.5) is 13.2 Å². The van der Waals surface area contributed by atoms with Gasteiger partial charge in [-0.1, -0.05) is 12.1 Å². The summed E-state index contributed by atoms with van der Waals surface area (Å²) in [4.78, 5) is 12.7. The van der Waals surface area contributed by atoms with Crippen LogP contribution in [0.15, 0.2) is 34.1 Å². The van der Waals surface area contributed by atoms with Gasteiger partial charge < -0.3 is 4.74 Å². The van der Waals surface area contributed by atoms with Crippen LogP contribution in [0.5, 0.6) is 5.75 Å². The molecule has 0 N–H and O–H groups in total. The van der Waals surface area contributed by atoms with Gasteiger partial charge in [-0.2, -0.15) is 0 Å². The second-order valence-corrected chi connectivity index (χ2v) is 6.73. The van der Waals surface area contributed by atoms with E-state index in [4.69, 9.17) is 0 Å². The zero-order chi connectivity index (χ0) is 15.6. The molecule has 0 amide bonds. The molecule has 0 unspecified atom stereocenters. The zero-order valence-electron chi connectivity index (χ0n) is 10.8. The molecule has 1 aromatic carbocycles. The first kappa shape index (κ1) is 16.0. The van der Waals surface area contributed by atoms with Gasteiger partial charge in [-0.05, 0) is 52.2 Å². The molecule has 0 aliphatic rings. The van der Waals surface area contributed by atoms with Crippen molar-refractivity contribution in [3.05, 3.63) is 50.1 Å². The largest absolute Gasteiger partial charge is 0.573 e. The van der Waals surface area contributed by atoms with Crippen molar-refractivity contribution in [2.24, 2.45) is 0 Å². The molecule has 21 heavy (non-hydrogen) atoms.